The first-order chi connectivity index (χ1) is 11.6. The molecule has 1 aliphatic heterocycles. The third kappa shape index (κ3) is 3.49. The number of furan rings is 1. The Morgan fingerprint density at radius 3 is 2.62 bits per heavy atom. The summed E-state index contributed by atoms with van der Waals surface area (Å²) >= 11 is 4.82. The van der Waals surface area contributed by atoms with E-state index in [9.17, 15) is 4.79 Å². The van der Waals surface area contributed by atoms with Crippen molar-refractivity contribution in [3.63, 3.8) is 0 Å². The molecule has 2 aromatic rings. The maximum atomic E-state index is 12.4. The number of hydrogen-bond donors (Lipinski definition) is 0. The third-order valence-electron chi connectivity index (χ3n) is 3.53. The lowest BCUT2D eigenvalue weighted by atomic mass is 10.2. The highest BCUT2D eigenvalue weighted by molar-refractivity contribution is 9.10. The lowest BCUT2D eigenvalue weighted by Gasteiger charge is -2.11. The Bertz CT molecular complexity index is 809. The van der Waals surface area contributed by atoms with Gasteiger partial charge in [-0.1, -0.05) is 28.1 Å². The van der Waals surface area contributed by atoms with Crippen molar-refractivity contribution < 1.29 is 9.21 Å². The van der Waals surface area contributed by atoms with Gasteiger partial charge in [0, 0.05) is 29.2 Å². The zero-order valence-electron chi connectivity index (χ0n) is 13.5. The Morgan fingerprint density at radius 2 is 1.96 bits per heavy atom. The van der Waals surface area contributed by atoms with Crippen LogP contribution in [-0.2, 0) is 4.79 Å². The van der Waals surface area contributed by atoms with E-state index >= 15 is 0 Å². The van der Waals surface area contributed by atoms with Gasteiger partial charge in [-0.3, -0.25) is 14.7 Å². The molecule has 1 aromatic carbocycles. The fourth-order valence-electron chi connectivity index (χ4n) is 2.37. The second-order valence-corrected chi connectivity index (χ2v) is 7.05. The molecule has 6 heteroatoms. The fourth-order valence-corrected chi connectivity index (χ4v) is 3.72. The van der Waals surface area contributed by atoms with E-state index in [1.54, 1.807) is 11.0 Å². The first-order valence-electron chi connectivity index (χ1n) is 7.74. The molecule has 0 radical (unpaired) electrons. The smallest absolute Gasteiger partial charge is 0.266 e. The zero-order chi connectivity index (χ0) is 17.1. The van der Waals surface area contributed by atoms with Crippen molar-refractivity contribution in [2.75, 3.05) is 13.1 Å². The molecule has 0 saturated carbocycles. The van der Waals surface area contributed by atoms with Crippen LogP contribution >= 0.6 is 27.7 Å². The monoisotopic (exact) mass is 404 g/mol. The van der Waals surface area contributed by atoms with Crippen molar-refractivity contribution in [2.45, 2.75) is 13.8 Å². The summed E-state index contributed by atoms with van der Waals surface area (Å²) < 4.78 is 6.89. The second-order valence-electron chi connectivity index (χ2n) is 5.13. The van der Waals surface area contributed by atoms with Crippen LogP contribution < -0.4 is 0 Å². The van der Waals surface area contributed by atoms with Crippen LogP contribution in [0.25, 0.3) is 17.4 Å². The molecule has 0 aliphatic carbocycles. The van der Waals surface area contributed by atoms with Crippen molar-refractivity contribution in [2.24, 2.45) is 4.99 Å². The molecule has 1 aliphatic rings. The molecule has 4 nitrogen and oxygen atoms in total. The van der Waals surface area contributed by atoms with E-state index in [1.165, 1.54) is 11.8 Å². The van der Waals surface area contributed by atoms with Gasteiger partial charge in [-0.2, -0.15) is 0 Å². The number of halogens is 1. The van der Waals surface area contributed by atoms with E-state index in [4.69, 9.17) is 4.42 Å². The summed E-state index contributed by atoms with van der Waals surface area (Å²) in [4.78, 5) is 19.2. The van der Waals surface area contributed by atoms with E-state index in [0.29, 0.717) is 23.8 Å². The number of hydrogen-bond acceptors (Lipinski definition) is 4. The van der Waals surface area contributed by atoms with E-state index < -0.39 is 0 Å². The number of amides is 1. The first kappa shape index (κ1) is 17.0. The van der Waals surface area contributed by atoms with Crippen LogP contribution in [0.1, 0.15) is 19.6 Å². The van der Waals surface area contributed by atoms with Gasteiger partial charge in [-0.05, 0) is 49.9 Å². The minimum atomic E-state index is -0.0173. The van der Waals surface area contributed by atoms with Crippen LogP contribution in [-0.4, -0.2) is 29.1 Å². The molecule has 3 rings (SSSR count). The molecular formula is C18H17BrN2O2S. The summed E-state index contributed by atoms with van der Waals surface area (Å²) in [6.45, 7) is 5.19. The summed E-state index contributed by atoms with van der Waals surface area (Å²) in [5.41, 5.74) is 0.997. The SMILES string of the molecule is CCN=C1S/C(=C/c2ccc(-c3ccc(Br)cc3)o2)C(=O)N1CC. The quantitative estimate of drug-likeness (QED) is 0.671. The highest BCUT2D eigenvalue weighted by Crippen LogP contribution is 2.33. The molecule has 2 heterocycles. The second kappa shape index (κ2) is 7.40. The number of rotatable bonds is 4. The Labute approximate surface area is 153 Å². The maximum absolute atomic E-state index is 12.4. The van der Waals surface area contributed by atoms with Gasteiger partial charge in [-0.15, -0.1) is 0 Å². The minimum Gasteiger partial charge on any atom is -0.457 e. The number of amidine groups is 1. The molecule has 24 heavy (non-hydrogen) atoms. The van der Waals surface area contributed by atoms with Crippen LogP contribution in [0.15, 0.2) is 55.2 Å². The lowest BCUT2D eigenvalue weighted by molar-refractivity contribution is -0.122. The molecule has 0 atom stereocenters. The molecular weight excluding hydrogens is 388 g/mol. The minimum absolute atomic E-state index is 0.0173. The van der Waals surface area contributed by atoms with Crippen LogP contribution in [0.5, 0.6) is 0 Å². The molecule has 1 amide bonds. The van der Waals surface area contributed by atoms with Gasteiger partial charge in [0.2, 0.25) is 0 Å². The van der Waals surface area contributed by atoms with Gasteiger partial charge in [0.05, 0.1) is 4.91 Å². The molecule has 0 spiro atoms. The average Bonchev–Trinajstić information content (AvgIpc) is 3.14. The number of carbonyl (C=O) groups excluding carboxylic acids is 1. The number of aliphatic imine (C=N–C) groups is 1. The molecule has 1 saturated heterocycles. The number of carbonyl (C=O) groups is 1. The Hall–Kier alpha value is -1.79. The average molecular weight is 405 g/mol. The molecule has 0 bridgehead atoms. The molecule has 1 fully saturated rings. The third-order valence-corrected chi connectivity index (χ3v) is 5.10. The standard InChI is InChI=1S/C18H17BrN2O2S/c1-3-20-18-21(4-2)17(22)16(24-18)11-14-9-10-15(23-14)12-5-7-13(19)8-6-12/h5-11H,3-4H2,1-2H3/b16-11+,20-18?. The van der Waals surface area contributed by atoms with Crippen LogP contribution in [0.2, 0.25) is 0 Å². The molecule has 1 aromatic heterocycles. The Balaban J connectivity index is 1.86. The van der Waals surface area contributed by atoms with Crippen LogP contribution in [0.3, 0.4) is 0 Å². The number of likely N-dealkylation sites (N-methyl/N-ethyl adjacent to an activating group) is 1. The van der Waals surface area contributed by atoms with Crippen molar-refractivity contribution in [1.82, 2.24) is 4.90 Å². The van der Waals surface area contributed by atoms with Gasteiger partial charge < -0.3 is 4.42 Å². The van der Waals surface area contributed by atoms with Gasteiger partial charge in [-0.25, -0.2) is 0 Å². The first-order valence-corrected chi connectivity index (χ1v) is 9.35. The molecule has 0 N–H and O–H groups in total. The summed E-state index contributed by atoms with van der Waals surface area (Å²) in [6, 6.07) is 11.7. The van der Waals surface area contributed by atoms with Gasteiger partial charge in [0.25, 0.3) is 5.91 Å². The predicted octanol–water partition coefficient (Wildman–Crippen LogP) is 5.02. The van der Waals surface area contributed by atoms with Crippen LogP contribution in [0, 0.1) is 0 Å². The van der Waals surface area contributed by atoms with Crippen molar-refractivity contribution in [3.8, 4) is 11.3 Å². The topological polar surface area (TPSA) is 45.8 Å². The highest BCUT2D eigenvalue weighted by Gasteiger charge is 2.32. The molecule has 0 unspecified atom stereocenters. The van der Waals surface area contributed by atoms with Crippen LogP contribution in [0.4, 0.5) is 0 Å². The predicted molar refractivity (Wildman–Crippen MR) is 103 cm³/mol. The van der Waals surface area contributed by atoms with Gasteiger partial charge in [0.15, 0.2) is 5.17 Å². The lowest BCUT2D eigenvalue weighted by Crippen LogP contribution is -2.28. The maximum Gasteiger partial charge on any atom is 0.266 e. The number of benzene rings is 1. The summed E-state index contributed by atoms with van der Waals surface area (Å²) in [6.07, 6.45) is 1.79. The number of thioether (sulfide) groups is 1. The van der Waals surface area contributed by atoms with E-state index in [2.05, 4.69) is 20.9 Å². The van der Waals surface area contributed by atoms with Gasteiger partial charge >= 0.3 is 0 Å². The normalized spacial score (nSPS) is 18.1. The number of nitrogens with zero attached hydrogens (tertiary/aromatic N) is 2. The highest BCUT2D eigenvalue weighted by atomic mass is 79.9. The summed E-state index contributed by atoms with van der Waals surface area (Å²) in [5, 5.41) is 0.760. The van der Waals surface area contributed by atoms with Crippen molar-refractivity contribution >= 4 is 44.8 Å². The Kier molecular flexibility index (Phi) is 5.26. The van der Waals surface area contributed by atoms with Gasteiger partial charge in [0.1, 0.15) is 11.5 Å². The summed E-state index contributed by atoms with van der Waals surface area (Å²) in [5.74, 6) is 1.42. The van der Waals surface area contributed by atoms with Crippen molar-refractivity contribution in [3.05, 3.63) is 51.5 Å². The molecule has 124 valence electrons. The fraction of sp³-hybridized carbons (Fsp3) is 0.222. The van der Waals surface area contributed by atoms with E-state index in [-0.39, 0.29) is 5.91 Å². The Morgan fingerprint density at radius 1 is 1.21 bits per heavy atom. The summed E-state index contributed by atoms with van der Waals surface area (Å²) in [7, 11) is 0. The largest absolute Gasteiger partial charge is 0.457 e. The zero-order valence-corrected chi connectivity index (χ0v) is 15.9. The van der Waals surface area contributed by atoms with Crippen molar-refractivity contribution in [1.29, 1.82) is 0 Å². The van der Waals surface area contributed by atoms with E-state index in [0.717, 1.165) is 21.0 Å². The van der Waals surface area contributed by atoms with E-state index in [1.807, 2.05) is 50.2 Å².